The van der Waals surface area contributed by atoms with Gasteiger partial charge >= 0.3 is 0 Å². The van der Waals surface area contributed by atoms with Gasteiger partial charge in [-0.25, -0.2) is 0 Å². The van der Waals surface area contributed by atoms with Gasteiger partial charge in [0, 0.05) is 19.1 Å². The number of ether oxygens (including phenoxy) is 1. The highest BCUT2D eigenvalue weighted by atomic mass is 16.5. The smallest absolute Gasteiger partial charge is 0.240 e. The molecule has 6 nitrogen and oxygen atoms in total. The van der Waals surface area contributed by atoms with Crippen LogP contribution in [0.5, 0.6) is 5.75 Å². The van der Waals surface area contributed by atoms with Gasteiger partial charge in [-0.05, 0) is 41.8 Å². The predicted molar refractivity (Wildman–Crippen MR) is 127 cm³/mol. The second kappa shape index (κ2) is 10.8. The lowest BCUT2D eigenvalue weighted by Crippen LogP contribution is -2.46. The van der Waals surface area contributed by atoms with Gasteiger partial charge in [0.15, 0.2) is 0 Å². The van der Waals surface area contributed by atoms with Crippen LogP contribution in [0.3, 0.4) is 0 Å². The van der Waals surface area contributed by atoms with E-state index < -0.39 is 11.8 Å². The van der Waals surface area contributed by atoms with E-state index in [1.165, 1.54) is 0 Å². The first-order valence-corrected chi connectivity index (χ1v) is 11.2. The molecule has 0 saturated carbocycles. The number of hydrogen-bond acceptors (Lipinski definition) is 4. The normalized spacial score (nSPS) is 16.2. The first kappa shape index (κ1) is 22.6. The summed E-state index contributed by atoms with van der Waals surface area (Å²) in [5, 5.41) is 3.31. The molecule has 2 atom stereocenters. The van der Waals surface area contributed by atoms with Crippen LogP contribution in [0.15, 0.2) is 84.9 Å². The van der Waals surface area contributed by atoms with Crippen molar-refractivity contribution in [1.29, 1.82) is 0 Å². The molecule has 0 aromatic heterocycles. The molecule has 33 heavy (non-hydrogen) atoms. The van der Waals surface area contributed by atoms with Crippen molar-refractivity contribution < 1.29 is 14.3 Å². The summed E-state index contributed by atoms with van der Waals surface area (Å²) >= 11 is 0. The fourth-order valence-electron chi connectivity index (χ4n) is 4.16. The number of nitrogens with zero attached hydrogens (tertiary/aromatic N) is 1. The van der Waals surface area contributed by atoms with Crippen molar-refractivity contribution >= 4 is 11.8 Å². The van der Waals surface area contributed by atoms with Crippen LogP contribution in [0.2, 0.25) is 0 Å². The monoisotopic (exact) mass is 443 g/mol. The van der Waals surface area contributed by atoms with Crippen LogP contribution >= 0.6 is 0 Å². The van der Waals surface area contributed by atoms with E-state index in [4.69, 9.17) is 10.5 Å². The van der Waals surface area contributed by atoms with E-state index in [0.717, 1.165) is 24.1 Å². The van der Waals surface area contributed by atoms with Gasteiger partial charge in [-0.2, -0.15) is 0 Å². The Labute approximate surface area is 194 Å². The summed E-state index contributed by atoms with van der Waals surface area (Å²) in [6, 6.07) is 26.8. The van der Waals surface area contributed by atoms with Crippen LogP contribution in [0.1, 0.15) is 29.0 Å². The second-order valence-corrected chi connectivity index (χ2v) is 8.28. The fraction of sp³-hybridized carbons (Fsp3) is 0.259. The van der Waals surface area contributed by atoms with Crippen molar-refractivity contribution in [2.45, 2.75) is 31.5 Å². The van der Waals surface area contributed by atoms with Crippen LogP contribution in [0.25, 0.3) is 0 Å². The zero-order valence-electron chi connectivity index (χ0n) is 18.5. The summed E-state index contributed by atoms with van der Waals surface area (Å²) in [4.78, 5) is 27.9. The standard InChI is InChI=1S/C27H29N3O3/c28-26(31)25(22-11-13-24(14-12-22)33-19-21-9-5-2-6-10-21)27(32)30(23-15-16-29-17-23)18-20-7-3-1-4-8-20/h1-14,23,25,29H,15-19H2,(H2,28,31). The minimum atomic E-state index is -1.04. The minimum absolute atomic E-state index is 0.0213. The highest BCUT2D eigenvalue weighted by Gasteiger charge is 2.35. The van der Waals surface area contributed by atoms with Crippen molar-refractivity contribution in [1.82, 2.24) is 10.2 Å². The van der Waals surface area contributed by atoms with Crippen LogP contribution in [-0.4, -0.2) is 35.8 Å². The average molecular weight is 444 g/mol. The Balaban J connectivity index is 1.51. The number of rotatable bonds is 9. The summed E-state index contributed by atoms with van der Waals surface area (Å²) in [6.45, 7) is 2.43. The van der Waals surface area contributed by atoms with Gasteiger partial charge in [0.05, 0.1) is 0 Å². The predicted octanol–water partition coefficient (Wildman–Crippen LogP) is 3.23. The second-order valence-electron chi connectivity index (χ2n) is 8.28. The van der Waals surface area contributed by atoms with Crippen molar-refractivity contribution in [2.75, 3.05) is 13.1 Å². The average Bonchev–Trinajstić information content (AvgIpc) is 3.38. The Kier molecular flexibility index (Phi) is 7.37. The lowest BCUT2D eigenvalue weighted by atomic mass is 9.95. The van der Waals surface area contributed by atoms with Crippen molar-refractivity contribution in [3.63, 3.8) is 0 Å². The van der Waals surface area contributed by atoms with Gasteiger partial charge in [0.2, 0.25) is 11.8 Å². The first-order valence-electron chi connectivity index (χ1n) is 11.2. The molecule has 1 saturated heterocycles. The quantitative estimate of drug-likeness (QED) is 0.498. The SMILES string of the molecule is NC(=O)C(C(=O)N(Cc1ccccc1)C1CCNC1)c1ccc(OCc2ccccc2)cc1. The number of carbonyl (C=O) groups excluding carboxylic acids is 2. The van der Waals surface area contributed by atoms with Gasteiger partial charge in [0.1, 0.15) is 18.3 Å². The van der Waals surface area contributed by atoms with Crippen LogP contribution in [-0.2, 0) is 22.7 Å². The molecule has 1 aliphatic rings. The van der Waals surface area contributed by atoms with E-state index in [1.54, 1.807) is 29.2 Å². The molecule has 0 radical (unpaired) electrons. The maximum Gasteiger partial charge on any atom is 0.240 e. The molecule has 0 spiro atoms. The molecule has 1 heterocycles. The molecule has 1 aliphatic heterocycles. The minimum Gasteiger partial charge on any atom is -0.489 e. The number of amides is 2. The van der Waals surface area contributed by atoms with Gasteiger partial charge in [-0.15, -0.1) is 0 Å². The van der Waals surface area contributed by atoms with Crippen molar-refractivity contribution in [3.05, 3.63) is 102 Å². The summed E-state index contributed by atoms with van der Waals surface area (Å²) in [5.41, 5.74) is 8.39. The molecule has 3 aromatic rings. The number of nitrogens with one attached hydrogen (secondary N) is 1. The summed E-state index contributed by atoms with van der Waals surface area (Å²) in [5.74, 6) is -1.29. The molecule has 1 fully saturated rings. The number of carbonyl (C=O) groups is 2. The third kappa shape index (κ3) is 5.79. The third-order valence-electron chi connectivity index (χ3n) is 5.95. The van der Waals surface area contributed by atoms with E-state index in [9.17, 15) is 9.59 Å². The van der Waals surface area contributed by atoms with Gasteiger partial charge < -0.3 is 20.7 Å². The molecule has 4 rings (SSSR count). The molecule has 6 heteroatoms. The summed E-state index contributed by atoms with van der Waals surface area (Å²) in [6.07, 6.45) is 0.844. The van der Waals surface area contributed by atoms with Gasteiger partial charge in [-0.3, -0.25) is 9.59 Å². The number of hydrogen-bond donors (Lipinski definition) is 2. The van der Waals surface area contributed by atoms with E-state index in [-0.39, 0.29) is 11.9 Å². The van der Waals surface area contributed by atoms with Gasteiger partial charge in [-0.1, -0.05) is 72.8 Å². The van der Waals surface area contributed by atoms with E-state index in [0.29, 0.717) is 31.0 Å². The molecule has 2 amide bonds. The van der Waals surface area contributed by atoms with Crippen LogP contribution < -0.4 is 15.8 Å². The van der Waals surface area contributed by atoms with Crippen LogP contribution in [0.4, 0.5) is 0 Å². The van der Waals surface area contributed by atoms with Crippen molar-refractivity contribution in [2.24, 2.45) is 5.73 Å². The molecule has 0 bridgehead atoms. The van der Waals surface area contributed by atoms with E-state index in [1.807, 2.05) is 60.7 Å². The number of primary amides is 1. The van der Waals surface area contributed by atoms with Gasteiger partial charge in [0.25, 0.3) is 0 Å². The number of benzene rings is 3. The Morgan fingerprint density at radius 1 is 0.939 bits per heavy atom. The Morgan fingerprint density at radius 3 is 2.15 bits per heavy atom. The lowest BCUT2D eigenvalue weighted by Gasteiger charge is -2.31. The molecule has 0 aliphatic carbocycles. The lowest BCUT2D eigenvalue weighted by molar-refractivity contribution is -0.139. The Hall–Kier alpha value is -3.64. The van der Waals surface area contributed by atoms with E-state index in [2.05, 4.69) is 5.32 Å². The fourth-order valence-corrected chi connectivity index (χ4v) is 4.16. The Bertz CT molecular complexity index is 1050. The highest BCUT2D eigenvalue weighted by Crippen LogP contribution is 2.25. The van der Waals surface area contributed by atoms with E-state index >= 15 is 0 Å². The number of nitrogens with two attached hydrogens (primary N) is 1. The molecular formula is C27H29N3O3. The maximum absolute atomic E-state index is 13.6. The topological polar surface area (TPSA) is 84.7 Å². The van der Waals surface area contributed by atoms with Crippen LogP contribution in [0, 0.1) is 0 Å². The highest BCUT2D eigenvalue weighted by molar-refractivity contribution is 6.05. The Morgan fingerprint density at radius 2 is 1.58 bits per heavy atom. The molecule has 3 N–H and O–H groups in total. The molecule has 3 aromatic carbocycles. The zero-order chi connectivity index (χ0) is 23.0. The molecule has 170 valence electrons. The largest absolute Gasteiger partial charge is 0.489 e. The molecule has 2 unspecified atom stereocenters. The summed E-state index contributed by atoms with van der Waals surface area (Å²) < 4.78 is 5.84. The molecular weight excluding hydrogens is 414 g/mol. The van der Waals surface area contributed by atoms with Crippen molar-refractivity contribution in [3.8, 4) is 5.75 Å². The summed E-state index contributed by atoms with van der Waals surface area (Å²) in [7, 11) is 0. The third-order valence-corrected chi connectivity index (χ3v) is 5.95. The first-order chi connectivity index (χ1) is 16.1. The zero-order valence-corrected chi connectivity index (χ0v) is 18.5. The maximum atomic E-state index is 13.6.